The minimum absolute atomic E-state index is 0.321. The lowest BCUT2D eigenvalue weighted by Crippen LogP contribution is -2.34. The van der Waals surface area contributed by atoms with E-state index in [9.17, 15) is 4.79 Å². The van der Waals surface area contributed by atoms with Gasteiger partial charge in [-0.05, 0) is 13.3 Å². The number of primary amides is 1. The van der Waals surface area contributed by atoms with E-state index in [0.717, 1.165) is 11.4 Å². The number of nitrogens with one attached hydrogen (secondary N) is 1. The molecule has 1 rings (SSSR count). The minimum atomic E-state index is -0.337. The fourth-order valence-electron chi connectivity index (χ4n) is 1.30. The summed E-state index contributed by atoms with van der Waals surface area (Å²) in [6.07, 6.45) is 2.50. The van der Waals surface area contributed by atoms with E-state index in [0.29, 0.717) is 6.42 Å². The Balaban J connectivity index is 2.76. The van der Waals surface area contributed by atoms with Gasteiger partial charge in [-0.2, -0.15) is 5.10 Å². The van der Waals surface area contributed by atoms with Crippen molar-refractivity contribution in [2.45, 2.75) is 26.3 Å². The zero-order valence-corrected chi connectivity index (χ0v) is 8.74. The summed E-state index contributed by atoms with van der Waals surface area (Å²) in [5, 5.41) is 7.22. The van der Waals surface area contributed by atoms with E-state index in [1.807, 2.05) is 27.1 Å². The third kappa shape index (κ3) is 2.25. The van der Waals surface area contributed by atoms with Gasteiger partial charge >= 0.3 is 0 Å². The van der Waals surface area contributed by atoms with Crippen LogP contribution in [0.25, 0.3) is 0 Å². The Morgan fingerprint density at radius 3 is 2.79 bits per heavy atom. The van der Waals surface area contributed by atoms with Gasteiger partial charge in [0.2, 0.25) is 5.91 Å². The van der Waals surface area contributed by atoms with Crippen molar-refractivity contribution in [3.8, 4) is 0 Å². The maximum atomic E-state index is 11.0. The lowest BCUT2D eigenvalue weighted by atomic mass is 10.2. The molecule has 5 nitrogen and oxygen atoms in total. The van der Waals surface area contributed by atoms with Gasteiger partial charge in [0.15, 0.2) is 0 Å². The SMILES string of the molecule is CCC(Nc1cn(C)nc1C)C(N)=O. The Morgan fingerprint density at radius 1 is 1.79 bits per heavy atom. The molecule has 1 aromatic rings. The number of hydrogen-bond acceptors (Lipinski definition) is 3. The summed E-state index contributed by atoms with van der Waals surface area (Å²) < 4.78 is 1.70. The first kappa shape index (κ1) is 10.6. The molecule has 0 fully saturated rings. The van der Waals surface area contributed by atoms with Gasteiger partial charge < -0.3 is 11.1 Å². The number of amides is 1. The molecule has 0 aliphatic rings. The molecule has 0 saturated heterocycles. The summed E-state index contributed by atoms with van der Waals surface area (Å²) in [6.45, 7) is 3.80. The highest BCUT2D eigenvalue weighted by molar-refractivity contribution is 5.82. The van der Waals surface area contributed by atoms with E-state index >= 15 is 0 Å². The molecule has 1 heterocycles. The van der Waals surface area contributed by atoms with Gasteiger partial charge in [-0.1, -0.05) is 6.92 Å². The highest BCUT2D eigenvalue weighted by Gasteiger charge is 2.14. The highest BCUT2D eigenvalue weighted by Crippen LogP contribution is 2.13. The van der Waals surface area contributed by atoms with Gasteiger partial charge in [0.05, 0.1) is 11.4 Å². The second-order valence-corrected chi connectivity index (χ2v) is 3.31. The molecule has 78 valence electrons. The third-order valence-corrected chi connectivity index (χ3v) is 2.09. The largest absolute Gasteiger partial charge is 0.371 e. The standard InChI is InChI=1S/C9H16N4O/c1-4-7(9(10)14)11-8-5-13(3)12-6(8)2/h5,7,11H,4H2,1-3H3,(H2,10,14). The van der Waals surface area contributed by atoms with Crippen LogP contribution in [0.1, 0.15) is 19.0 Å². The lowest BCUT2D eigenvalue weighted by molar-refractivity contribution is -0.118. The Kier molecular flexibility index (Phi) is 3.11. The number of nitrogens with two attached hydrogens (primary N) is 1. The Hall–Kier alpha value is -1.52. The van der Waals surface area contributed by atoms with Crippen LogP contribution >= 0.6 is 0 Å². The number of hydrogen-bond donors (Lipinski definition) is 2. The second-order valence-electron chi connectivity index (χ2n) is 3.31. The van der Waals surface area contributed by atoms with Crippen molar-refractivity contribution >= 4 is 11.6 Å². The smallest absolute Gasteiger partial charge is 0.239 e. The monoisotopic (exact) mass is 196 g/mol. The molecule has 1 unspecified atom stereocenters. The number of carbonyl (C=O) groups excluding carboxylic acids is 1. The van der Waals surface area contributed by atoms with E-state index < -0.39 is 0 Å². The number of anilines is 1. The Bertz CT molecular complexity index is 332. The fraction of sp³-hybridized carbons (Fsp3) is 0.556. The van der Waals surface area contributed by atoms with Gasteiger partial charge in [-0.15, -0.1) is 0 Å². The maximum Gasteiger partial charge on any atom is 0.239 e. The van der Waals surface area contributed by atoms with Crippen molar-refractivity contribution in [2.24, 2.45) is 12.8 Å². The average molecular weight is 196 g/mol. The molecule has 0 bridgehead atoms. The average Bonchev–Trinajstić information content (AvgIpc) is 2.40. The predicted octanol–water partition coefficient (Wildman–Crippen LogP) is 0.404. The summed E-state index contributed by atoms with van der Waals surface area (Å²) in [5.74, 6) is -0.337. The van der Waals surface area contributed by atoms with Gasteiger partial charge in [-0.3, -0.25) is 9.48 Å². The molecular weight excluding hydrogens is 180 g/mol. The fourth-order valence-corrected chi connectivity index (χ4v) is 1.30. The predicted molar refractivity (Wildman–Crippen MR) is 54.8 cm³/mol. The minimum Gasteiger partial charge on any atom is -0.371 e. The molecule has 0 saturated carbocycles. The lowest BCUT2D eigenvalue weighted by Gasteiger charge is -2.13. The first-order chi connectivity index (χ1) is 6.54. The summed E-state index contributed by atoms with van der Waals surface area (Å²) in [7, 11) is 1.84. The molecule has 1 amide bonds. The maximum absolute atomic E-state index is 11.0. The summed E-state index contributed by atoms with van der Waals surface area (Å²) in [4.78, 5) is 11.0. The summed E-state index contributed by atoms with van der Waals surface area (Å²) >= 11 is 0. The van der Waals surface area contributed by atoms with Gasteiger partial charge in [0.1, 0.15) is 6.04 Å². The van der Waals surface area contributed by atoms with Crippen molar-refractivity contribution in [1.82, 2.24) is 9.78 Å². The van der Waals surface area contributed by atoms with E-state index in [1.54, 1.807) is 4.68 Å². The number of aryl methyl sites for hydroxylation is 2. The van der Waals surface area contributed by atoms with Crippen LogP contribution < -0.4 is 11.1 Å². The molecule has 0 radical (unpaired) electrons. The number of nitrogens with zero attached hydrogens (tertiary/aromatic N) is 2. The highest BCUT2D eigenvalue weighted by atomic mass is 16.1. The van der Waals surface area contributed by atoms with Crippen molar-refractivity contribution in [1.29, 1.82) is 0 Å². The van der Waals surface area contributed by atoms with Crippen LogP contribution in [-0.2, 0) is 11.8 Å². The molecule has 0 aliphatic heterocycles. The molecule has 5 heteroatoms. The van der Waals surface area contributed by atoms with E-state index in [1.165, 1.54) is 0 Å². The second kappa shape index (κ2) is 4.13. The van der Waals surface area contributed by atoms with Crippen LogP contribution in [-0.4, -0.2) is 21.7 Å². The third-order valence-electron chi connectivity index (χ3n) is 2.09. The number of carbonyl (C=O) groups is 1. The van der Waals surface area contributed by atoms with E-state index in [-0.39, 0.29) is 11.9 Å². The van der Waals surface area contributed by atoms with Crippen LogP contribution in [0, 0.1) is 6.92 Å². The van der Waals surface area contributed by atoms with Gasteiger partial charge in [0.25, 0.3) is 0 Å². The molecule has 14 heavy (non-hydrogen) atoms. The molecular formula is C9H16N4O. The zero-order valence-electron chi connectivity index (χ0n) is 8.74. The van der Waals surface area contributed by atoms with E-state index in [4.69, 9.17) is 5.73 Å². The van der Waals surface area contributed by atoms with Crippen molar-refractivity contribution < 1.29 is 4.79 Å². The van der Waals surface area contributed by atoms with E-state index in [2.05, 4.69) is 10.4 Å². The Labute approximate surface area is 83.3 Å². The van der Waals surface area contributed by atoms with Gasteiger partial charge in [-0.25, -0.2) is 0 Å². The quantitative estimate of drug-likeness (QED) is 0.732. The molecule has 1 aromatic heterocycles. The zero-order chi connectivity index (χ0) is 10.7. The number of rotatable bonds is 4. The van der Waals surface area contributed by atoms with Crippen molar-refractivity contribution in [2.75, 3.05) is 5.32 Å². The van der Waals surface area contributed by atoms with Crippen LogP contribution in [0.5, 0.6) is 0 Å². The Morgan fingerprint density at radius 2 is 2.43 bits per heavy atom. The molecule has 3 N–H and O–H groups in total. The molecule has 0 aromatic carbocycles. The molecule has 0 spiro atoms. The first-order valence-electron chi connectivity index (χ1n) is 4.60. The first-order valence-corrected chi connectivity index (χ1v) is 4.60. The summed E-state index contributed by atoms with van der Waals surface area (Å²) in [5.41, 5.74) is 6.95. The van der Waals surface area contributed by atoms with Crippen molar-refractivity contribution in [3.05, 3.63) is 11.9 Å². The van der Waals surface area contributed by atoms with Crippen LogP contribution in [0.3, 0.4) is 0 Å². The summed E-state index contributed by atoms with van der Waals surface area (Å²) in [6, 6.07) is -0.321. The van der Waals surface area contributed by atoms with Crippen LogP contribution in [0.2, 0.25) is 0 Å². The van der Waals surface area contributed by atoms with Crippen LogP contribution in [0.4, 0.5) is 5.69 Å². The molecule has 0 aliphatic carbocycles. The van der Waals surface area contributed by atoms with Crippen LogP contribution in [0.15, 0.2) is 6.20 Å². The topological polar surface area (TPSA) is 72.9 Å². The van der Waals surface area contributed by atoms with Gasteiger partial charge in [0, 0.05) is 13.2 Å². The normalized spacial score (nSPS) is 12.5. The number of aromatic nitrogens is 2. The van der Waals surface area contributed by atoms with Crippen molar-refractivity contribution in [3.63, 3.8) is 0 Å². The molecule has 1 atom stereocenters.